The molecule has 0 saturated carbocycles. The van der Waals surface area contributed by atoms with Gasteiger partial charge in [0.05, 0.1) is 6.61 Å². The van der Waals surface area contributed by atoms with Crippen molar-refractivity contribution in [2.24, 2.45) is 0 Å². The molecule has 0 rings (SSSR count). The van der Waals surface area contributed by atoms with Gasteiger partial charge in [0.15, 0.2) is 0 Å². The molecule has 0 bridgehead atoms. The second-order valence-electron chi connectivity index (χ2n) is 3.28. The number of hydrogen-bond acceptors (Lipinski definition) is 3. The van der Waals surface area contributed by atoms with E-state index in [9.17, 15) is 9.59 Å². The lowest BCUT2D eigenvalue weighted by Crippen LogP contribution is -2.33. The van der Waals surface area contributed by atoms with Crippen LogP contribution in [0, 0.1) is 0 Å². The summed E-state index contributed by atoms with van der Waals surface area (Å²) in [6.07, 6.45) is 3.48. The molecule has 0 aliphatic rings. The van der Waals surface area contributed by atoms with E-state index in [-0.39, 0.29) is 6.04 Å². The van der Waals surface area contributed by atoms with Gasteiger partial charge >= 0.3 is 6.09 Å². The highest BCUT2D eigenvalue weighted by Gasteiger charge is 2.06. The van der Waals surface area contributed by atoms with E-state index in [4.69, 9.17) is 4.74 Å². The average molecular weight is 201 g/mol. The minimum Gasteiger partial charge on any atom is -0.450 e. The Hall–Kier alpha value is -1.06. The fourth-order valence-electron chi connectivity index (χ4n) is 0.942. The maximum absolute atomic E-state index is 11.1. The van der Waals surface area contributed by atoms with Gasteiger partial charge in [0.1, 0.15) is 6.29 Å². The van der Waals surface area contributed by atoms with E-state index in [2.05, 4.69) is 5.32 Å². The van der Waals surface area contributed by atoms with Crippen LogP contribution in [-0.2, 0) is 9.53 Å². The molecule has 0 heterocycles. The largest absolute Gasteiger partial charge is 0.450 e. The molecule has 1 atom stereocenters. The first kappa shape index (κ1) is 12.9. The third-order valence-corrected chi connectivity index (χ3v) is 1.81. The lowest BCUT2D eigenvalue weighted by atomic mass is 10.2. The molecule has 1 unspecified atom stereocenters. The Morgan fingerprint density at radius 3 is 2.86 bits per heavy atom. The molecule has 4 nitrogen and oxygen atoms in total. The van der Waals surface area contributed by atoms with Crippen molar-refractivity contribution in [3.63, 3.8) is 0 Å². The zero-order chi connectivity index (χ0) is 10.8. The topological polar surface area (TPSA) is 55.4 Å². The van der Waals surface area contributed by atoms with E-state index < -0.39 is 6.09 Å². The monoisotopic (exact) mass is 201 g/mol. The van der Waals surface area contributed by atoms with Crippen molar-refractivity contribution in [1.29, 1.82) is 0 Å². The van der Waals surface area contributed by atoms with Crippen molar-refractivity contribution in [3.8, 4) is 0 Å². The predicted molar refractivity (Wildman–Crippen MR) is 54.2 cm³/mol. The maximum atomic E-state index is 11.1. The Morgan fingerprint density at radius 1 is 1.57 bits per heavy atom. The number of carbonyl (C=O) groups excluding carboxylic acids is 2. The molecule has 1 N–H and O–H groups in total. The number of nitrogens with one attached hydrogen (secondary N) is 1. The highest BCUT2D eigenvalue weighted by atomic mass is 16.5. The van der Waals surface area contributed by atoms with Gasteiger partial charge in [0, 0.05) is 12.5 Å². The summed E-state index contributed by atoms with van der Waals surface area (Å²) in [4.78, 5) is 21.1. The Labute approximate surface area is 85.0 Å². The molecule has 0 radical (unpaired) electrons. The molecule has 0 aliphatic heterocycles. The van der Waals surface area contributed by atoms with Gasteiger partial charge < -0.3 is 14.8 Å². The van der Waals surface area contributed by atoms with Gasteiger partial charge in [0.2, 0.25) is 0 Å². The minimum absolute atomic E-state index is 0.00525. The highest BCUT2D eigenvalue weighted by Crippen LogP contribution is 1.95. The number of carbonyl (C=O) groups is 2. The van der Waals surface area contributed by atoms with Gasteiger partial charge in [0.25, 0.3) is 0 Å². The Bertz CT molecular complexity index is 171. The van der Waals surface area contributed by atoms with Gasteiger partial charge in [-0.3, -0.25) is 0 Å². The van der Waals surface area contributed by atoms with Crippen LogP contribution in [0.5, 0.6) is 0 Å². The normalized spacial score (nSPS) is 11.9. The molecule has 0 aromatic carbocycles. The van der Waals surface area contributed by atoms with Crippen LogP contribution < -0.4 is 5.32 Å². The van der Waals surface area contributed by atoms with Crippen LogP contribution in [0.2, 0.25) is 0 Å². The third-order valence-electron chi connectivity index (χ3n) is 1.81. The lowest BCUT2D eigenvalue weighted by Gasteiger charge is -2.12. The number of aldehydes is 1. The van der Waals surface area contributed by atoms with Crippen molar-refractivity contribution < 1.29 is 14.3 Å². The highest BCUT2D eigenvalue weighted by molar-refractivity contribution is 5.67. The molecule has 82 valence electrons. The molecule has 1 amide bonds. The van der Waals surface area contributed by atoms with Crippen LogP contribution in [0.25, 0.3) is 0 Å². The number of amides is 1. The molecular weight excluding hydrogens is 182 g/mol. The van der Waals surface area contributed by atoms with Crippen LogP contribution in [0.1, 0.15) is 39.5 Å². The maximum Gasteiger partial charge on any atom is 0.407 e. The summed E-state index contributed by atoms with van der Waals surface area (Å²) in [7, 11) is 0. The van der Waals surface area contributed by atoms with E-state index in [1.54, 1.807) is 0 Å². The molecule has 0 saturated heterocycles. The van der Waals surface area contributed by atoms with Crippen LogP contribution in [0.4, 0.5) is 4.79 Å². The number of hydrogen-bond donors (Lipinski definition) is 1. The molecule has 0 aromatic rings. The second-order valence-corrected chi connectivity index (χ2v) is 3.28. The van der Waals surface area contributed by atoms with E-state index in [0.29, 0.717) is 19.4 Å². The Balaban J connectivity index is 3.44. The smallest absolute Gasteiger partial charge is 0.407 e. The van der Waals surface area contributed by atoms with Crippen LogP contribution in [0.15, 0.2) is 0 Å². The summed E-state index contributed by atoms with van der Waals surface area (Å²) in [6.45, 7) is 4.35. The second kappa shape index (κ2) is 8.53. The van der Waals surface area contributed by atoms with Crippen LogP contribution in [0.3, 0.4) is 0 Å². The lowest BCUT2D eigenvalue weighted by molar-refractivity contribution is -0.108. The summed E-state index contributed by atoms with van der Waals surface area (Å²) < 4.78 is 4.89. The molecule has 14 heavy (non-hydrogen) atoms. The first-order chi connectivity index (χ1) is 6.70. The first-order valence-electron chi connectivity index (χ1n) is 5.07. The first-order valence-corrected chi connectivity index (χ1v) is 5.07. The summed E-state index contributed by atoms with van der Waals surface area (Å²) in [5, 5.41) is 2.65. The SMILES string of the molecule is CCCCOC(=O)NC(C)CCC=O. The van der Waals surface area contributed by atoms with E-state index in [1.807, 2.05) is 13.8 Å². The van der Waals surface area contributed by atoms with Gasteiger partial charge in [-0.05, 0) is 19.8 Å². The molecule has 4 heteroatoms. The van der Waals surface area contributed by atoms with E-state index >= 15 is 0 Å². The van der Waals surface area contributed by atoms with Crippen LogP contribution >= 0.6 is 0 Å². The summed E-state index contributed by atoms with van der Waals surface area (Å²) >= 11 is 0. The van der Waals surface area contributed by atoms with Crippen LogP contribution in [-0.4, -0.2) is 25.0 Å². The third kappa shape index (κ3) is 7.58. The van der Waals surface area contributed by atoms with Crippen molar-refractivity contribution in [2.75, 3.05) is 6.61 Å². The van der Waals surface area contributed by atoms with Crippen molar-refractivity contribution in [2.45, 2.75) is 45.6 Å². The zero-order valence-electron chi connectivity index (χ0n) is 8.91. The van der Waals surface area contributed by atoms with Gasteiger partial charge in [-0.1, -0.05) is 13.3 Å². The molecule has 0 spiro atoms. The van der Waals surface area contributed by atoms with Crippen molar-refractivity contribution in [3.05, 3.63) is 0 Å². The molecule has 0 fully saturated rings. The Kier molecular flexibility index (Phi) is 7.89. The van der Waals surface area contributed by atoms with Crippen molar-refractivity contribution >= 4 is 12.4 Å². The molecule has 0 aromatic heterocycles. The zero-order valence-corrected chi connectivity index (χ0v) is 8.91. The standard InChI is InChI=1S/C10H19NO3/c1-3-4-8-14-10(13)11-9(2)6-5-7-12/h7,9H,3-6,8H2,1-2H3,(H,11,13). The summed E-state index contributed by atoms with van der Waals surface area (Å²) in [5.41, 5.74) is 0. The molecule has 0 aliphatic carbocycles. The predicted octanol–water partition coefficient (Wildman–Crippen LogP) is 1.88. The fourth-order valence-corrected chi connectivity index (χ4v) is 0.942. The van der Waals surface area contributed by atoms with Crippen molar-refractivity contribution in [1.82, 2.24) is 5.32 Å². The van der Waals surface area contributed by atoms with Gasteiger partial charge in [-0.2, -0.15) is 0 Å². The molecular formula is C10H19NO3. The number of rotatable bonds is 7. The minimum atomic E-state index is -0.392. The van der Waals surface area contributed by atoms with Gasteiger partial charge in [-0.25, -0.2) is 4.79 Å². The average Bonchev–Trinajstić information content (AvgIpc) is 2.15. The summed E-state index contributed by atoms with van der Waals surface area (Å²) in [6, 6.07) is -0.00525. The van der Waals surface area contributed by atoms with Gasteiger partial charge in [-0.15, -0.1) is 0 Å². The summed E-state index contributed by atoms with van der Waals surface area (Å²) in [5.74, 6) is 0. The van der Waals surface area contributed by atoms with E-state index in [0.717, 1.165) is 19.1 Å². The Morgan fingerprint density at radius 2 is 2.29 bits per heavy atom. The van der Waals surface area contributed by atoms with E-state index in [1.165, 1.54) is 0 Å². The fraction of sp³-hybridized carbons (Fsp3) is 0.800. The number of unbranched alkanes of at least 4 members (excludes halogenated alkanes) is 1. The number of ether oxygens (including phenoxy) is 1. The number of alkyl carbamates (subject to hydrolysis) is 1. The quantitative estimate of drug-likeness (QED) is 0.505.